The van der Waals surface area contributed by atoms with Gasteiger partial charge in [-0.3, -0.25) is 0 Å². The van der Waals surface area contributed by atoms with E-state index in [4.69, 9.17) is 10.3 Å². The topological polar surface area (TPSA) is 90.7 Å². The van der Waals surface area contributed by atoms with Gasteiger partial charge in [-0.05, 0) is 13.0 Å². The van der Waals surface area contributed by atoms with Gasteiger partial charge in [0.15, 0.2) is 0 Å². The normalized spacial score (nSPS) is 12.7. The fourth-order valence-electron chi connectivity index (χ4n) is 0.947. The number of nitrogens with two attached hydrogens (primary N) is 1. The third-order valence-electron chi connectivity index (χ3n) is 1.64. The van der Waals surface area contributed by atoms with E-state index < -0.39 is 0 Å². The molecule has 2 heterocycles. The van der Waals surface area contributed by atoms with Gasteiger partial charge in [-0.25, -0.2) is 9.97 Å². The second-order valence-corrected chi connectivity index (χ2v) is 2.84. The van der Waals surface area contributed by atoms with Crippen LogP contribution in [0.25, 0.3) is 11.5 Å². The fraction of sp³-hybridized carbons (Fsp3) is 0.250. The van der Waals surface area contributed by atoms with Crippen molar-refractivity contribution in [2.45, 2.75) is 13.0 Å². The van der Waals surface area contributed by atoms with Crippen LogP contribution in [0, 0.1) is 0 Å². The van der Waals surface area contributed by atoms with E-state index in [0.29, 0.717) is 17.4 Å². The quantitative estimate of drug-likeness (QED) is 0.745. The number of hydrogen-bond donors (Lipinski definition) is 1. The number of aromatic nitrogens is 4. The summed E-state index contributed by atoms with van der Waals surface area (Å²) < 4.78 is 4.93. The molecule has 0 amide bonds. The van der Waals surface area contributed by atoms with E-state index in [0.717, 1.165) is 0 Å². The summed E-state index contributed by atoms with van der Waals surface area (Å²) in [5.41, 5.74) is 6.20. The van der Waals surface area contributed by atoms with Crippen LogP contribution in [0.5, 0.6) is 0 Å². The van der Waals surface area contributed by atoms with Crippen LogP contribution < -0.4 is 5.73 Å². The van der Waals surface area contributed by atoms with Crippen LogP contribution in [0.1, 0.15) is 18.9 Å². The first-order chi connectivity index (χ1) is 6.77. The fourth-order valence-corrected chi connectivity index (χ4v) is 0.947. The van der Waals surface area contributed by atoms with Crippen LogP contribution in [-0.2, 0) is 0 Å². The zero-order valence-electron chi connectivity index (χ0n) is 7.58. The average Bonchev–Trinajstić information content (AvgIpc) is 2.68. The van der Waals surface area contributed by atoms with Crippen molar-refractivity contribution < 1.29 is 4.52 Å². The van der Waals surface area contributed by atoms with Crippen molar-refractivity contribution in [3.05, 3.63) is 24.5 Å². The predicted octanol–water partition coefficient (Wildman–Crippen LogP) is 0.546. The molecular weight excluding hydrogens is 182 g/mol. The molecule has 6 nitrogen and oxygen atoms in total. The van der Waals surface area contributed by atoms with Gasteiger partial charge in [0.25, 0.3) is 0 Å². The van der Waals surface area contributed by atoms with Crippen LogP contribution in [0.15, 0.2) is 23.1 Å². The van der Waals surface area contributed by atoms with Crippen LogP contribution in [0.3, 0.4) is 0 Å². The lowest BCUT2D eigenvalue weighted by Crippen LogP contribution is -2.04. The lowest BCUT2D eigenvalue weighted by molar-refractivity contribution is 0.362. The highest BCUT2D eigenvalue weighted by atomic mass is 16.5. The third-order valence-corrected chi connectivity index (χ3v) is 1.64. The molecule has 2 N–H and O–H groups in total. The summed E-state index contributed by atoms with van der Waals surface area (Å²) >= 11 is 0. The van der Waals surface area contributed by atoms with Gasteiger partial charge in [0.2, 0.25) is 11.7 Å². The third kappa shape index (κ3) is 1.60. The van der Waals surface area contributed by atoms with Gasteiger partial charge >= 0.3 is 0 Å². The van der Waals surface area contributed by atoms with Gasteiger partial charge in [-0.2, -0.15) is 4.98 Å². The molecule has 0 saturated heterocycles. The molecule has 1 atom stereocenters. The lowest BCUT2D eigenvalue weighted by atomic mass is 10.3. The molecule has 0 aromatic carbocycles. The molecule has 14 heavy (non-hydrogen) atoms. The Kier molecular flexibility index (Phi) is 2.19. The highest BCUT2D eigenvalue weighted by molar-refractivity contribution is 5.46. The summed E-state index contributed by atoms with van der Waals surface area (Å²) in [5.74, 6) is 0.832. The SMILES string of the molecule is CC(N)c1nc(-c2ccncn2)no1. The van der Waals surface area contributed by atoms with Crippen molar-refractivity contribution in [3.63, 3.8) is 0 Å². The molecule has 1 unspecified atom stereocenters. The summed E-state index contributed by atoms with van der Waals surface area (Å²) in [6.07, 6.45) is 3.04. The molecule has 0 saturated carbocycles. The molecule has 72 valence electrons. The van der Waals surface area contributed by atoms with Gasteiger partial charge in [0.05, 0.1) is 6.04 Å². The number of hydrogen-bond acceptors (Lipinski definition) is 6. The van der Waals surface area contributed by atoms with E-state index in [-0.39, 0.29) is 6.04 Å². The number of nitrogens with zero attached hydrogens (tertiary/aromatic N) is 4. The highest BCUT2D eigenvalue weighted by Crippen LogP contribution is 2.13. The van der Waals surface area contributed by atoms with E-state index in [2.05, 4.69) is 20.1 Å². The lowest BCUT2D eigenvalue weighted by Gasteiger charge is -1.93. The van der Waals surface area contributed by atoms with E-state index in [1.807, 2.05) is 0 Å². The Balaban J connectivity index is 2.34. The van der Waals surface area contributed by atoms with Crippen LogP contribution in [0.4, 0.5) is 0 Å². The Bertz CT molecular complexity index is 411. The summed E-state index contributed by atoms with van der Waals surface area (Å²) in [5, 5.41) is 3.75. The largest absolute Gasteiger partial charge is 0.337 e. The van der Waals surface area contributed by atoms with Gasteiger partial charge < -0.3 is 10.3 Å². The maximum atomic E-state index is 5.58. The Hall–Kier alpha value is -1.82. The molecule has 2 rings (SSSR count). The maximum Gasteiger partial charge on any atom is 0.243 e. The number of rotatable bonds is 2. The van der Waals surface area contributed by atoms with Gasteiger partial charge in [0.1, 0.15) is 12.0 Å². The molecule has 0 bridgehead atoms. The molecule has 0 spiro atoms. The maximum absolute atomic E-state index is 5.58. The van der Waals surface area contributed by atoms with Gasteiger partial charge in [0, 0.05) is 6.20 Å². The smallest absolute Gasteiger partial charge is 0.243 e. The summed E-state index contributed by atoms with van der Waals surface area (Å²) in [4.78, 5) is 11.9. The predicted molar refractivity (Wildman–Crippen MR) is 47.9 cm³/mol. The molecule has 2 aromatic rings. The molecule has 0 aliphatic rings. The van der Waals surface area contributed by atoms with Crippen molar-refractivity contribution in [1.29, 1.82) is 0 Å². The average molecular weight is 191 g/mol. The van der Waals surface area contributed by atoms with E-state index in [1.165, 1.54) is 6.33 Å². The van der Waals surface area contributed by atoms with Gasteiger partial charge in [-0.1, -0.05) is 5.16 Å². The summed E-state index contributed by atoms with van der Waals surface area (Å²) in [6, 6.07) is 1.44. The Labute approximate surface area is 80.2 Å². The van der Waals surface area contributed by atoms with Gasteiger partial charge in [-0.15, -0.1) is 0 Å². The zero-order chi connectivity index (χ0) is 9.97. The Morgan fingerprint density at radius 2 is 2.36 bits per heavy atom. The zero-order valence-corrected chi connectivity index (χ0v) is 7.58. The van der Waals surface area contributed by atoms with Crippen molar-refractivity contribution in [1.82, 2.24) is 20.1 Å². The molecule has 0 aliphatic heterocycles. The van der Waals surface area contributed by atoms with Crippen molar-refractivity contribution >= 4 is 0 Å². The summed E-state index contributed by atoms with van der Waals surface area (Å²) in [6.45, 7) is 1.78. The minimum atomic E-state index is -0.266. The molecule has 2 aromatic heterocycles. The first-order valence-corrected chi connectivity index (χ1v) is 4.13. The second kappa shape index (κ2) is 3.51. The first-order valence-electron chi connectivity index (χ1n) is 4.13. The highest BCUT2D eigenvalue weighted by Gasteiger charge is 2.11. The minimum absolute atomic E-state index is 0.266. The molecular formula is C8H9N5O. The standard InChI is InChI=1S/C8H9N5O/c1-5(9)8-12-7(13-14-8)6-2-3-10-4-11-6/h2-5H,9H2,1H3. The molecule has 0 aliphatic carbocycles. The van der Waals surface area contributed by atoms with Crippen LogP contribution >= 0.6 is 0 Å². The summed E-state index contributed by atoms with van der Waals surface area (Å²) in [7, 11) is 0. The molecule has 0 radical (unpaired) electrons. The Morgan fingerprint density at radius 1 is 1.50 bits per heavy atom. The monoisotopic (exact) mass is 191 g/mol. The van der Waals surface area contributed by atoms with Crippen molar-refractivity contribution in [2.24, 2.45) is 5.73 Å². The van der Waals surface area contributed by atoms with Crippen LogP contribution in [0.2, 0.25) is 0 Å². The van der Waals surface area contributed by atoms with E-state index in [1.54, 1.807) is 19.2 Å². The molecule has 0 fully saturated rings. The second-order valence-electron chi connectivity index (χ2n) is 2.84. The van der Waals surface area contributed by atoms with Crippen molar-refractivity contribution in [3.8, 4) is 11.5 Å². The molecule has 6 heteroatoms. The van der Waals surface area contributed by atoms with E-state index in [9.17, 15) is 0 Å². The minimum Gasteiger partial charge on any atom is -0.337 e. The van der Waals surface area contributed by atoms with E-state index >= 15 is 0 Å². The first kappa shape index (κ1) is 8.76. The van der Waals surface area contributed by atoms with Crippen LogP contribution in [-0.4, -0.2) is 20.1 Å². The van der Waals surface area contributed by atoms with Crippen molar-refractivity contribution in [2.75, 3.05) is 0 Å². The Morgan fingerprint density at radius 3 is 2.93 bits per heavy atom.